The van der Waals surface area contributed by atoms with Crippen LogP contribution in [0.15, 0.2) is 24.3 Å². The van der Waals surface area contributed by atoms with E-state index in [0.717, 1.165) is 0 Å². The minimum Gasteiger partial charge on any atom is -0.508 e. The quantitative estimate of drug-likeness (QED) is 0.189. The van der Waals surface area contributed by atoms with Crippen molar-refractivity contribution < 1.29 is 39.3 Å². The minimum absolute atomic E-state index is 0.0104. The molecular weight excluding hydrogens is 412 g/mol. The van der Waals surface area contributed by atoms with Crippen molar-refractivity contribution in [2.75, 3.05) is 0 Å². The van der Waals surface area contributed by atoms with Crippen molar-refractivity contribution in [3.05, 3.63) is 29.8 Å². The van der Waals surface area contributed by atoms with Crippen LogP contribution in [0.1, 0.15) is 31.2 Å². The second kappa shape index (κ2) is 12.1. The maximum absolute atomic E-state index is 12.6. The largest absolute Gasteiger partial charge is 0.508 e. The first kappa shape index (κ1) is 25.4. The fraction of sp³-hybridized carbons (Fsp3) is 0.421. The Morgan fingerprint density at radius 1 is 0.871 bits per heavy atom. The maximum atomic E-state index is 12.6. The summed E-state index contributed by atoms with van der Waals surface area (Å²) in [5.41, 5.74) is 11.2. The smallest absolute Gasteiger partial charge is 0.326 e. The van der Waals surface area contributed by atoms with Crippen molar-refractivity contribution in [2.24, 2.45) is 11.5 Å². The van der Waals surface area contributed by atoms with Gasteiger partial charge in [-0.05, 0) is 30.5 Å². The van der Waals surface area contributed by atoms with E-state index in [9.17, 15) is 34.2 Å². The van der Waals surface area contributed by atoms with E-state index >= 15 is 0 Å². The first-order chi connectivity index (χ1) is 14.5. The molecule has 0 fully saturated rings. The number of benzene rings is 1. The van der Waals surface area contributed by atoms with E-state index in [0.29, 0.717) is 5.56 Å². The van der Waals surface area contributed by atoms with E-state index in [-0.39, 0.29) is 31.4 Å². The summed E-state index contributed by atoms with van der Waals surface area (Å²) in [5, 5.41) is 32.2. The number of phenolic OH excluding ortho intramolecular Hbond substituents is 1. The van der Waals surface area contributed by atoms with Gasteiger partial charge in [-0.15, -0.1) is 0 Å². The Hall–Kier alpha value is -3.67. The van der Waals surface area contributed by atoms with Crippen molar-refractivity contribution >= 4 is 29.7 Å². The Balaban J connectivity index is 2.86. The zero-order chi connectivity index (χ0) is 23.6. The summed E-state index contributed by atoms with van der Waals surface area (Å²) < 4.78 is 0. The highest BCUT2D eigenvalue weighted by Crippen LogP contribution is 2.12. The van der Waals surface area contributed by atoms with E-state index in [2.05, 4.69) is 10.6 Å². The molecule has 0 spiro atoms. The highest BCUT2D eigenvalue weighted by molar-refractivity contribution is 5.92. The van der Waals surface area contributed by atoms with Crippen LogP contribution in [0.4, 0.5) is 0 Å². The normalized spacial score (nSPS) is 13.5. The van der Waals surface area contributed by atoms with Gasteiger partial charge in [0.1, 0.15) is 17.8 Å². The number of hydrogen-bond donors (Lipinski definition) is 7. The predicted octanol–water partition coefficient (Wildman–Crippen LogP) is -1.55. The van der Waals surface area contributed by atoms with Gasteiger partial charge >= 0.3 is 11.9 Å². The van der Waals surface area contributed by atoms with Gasteiger partial charge in [-0.1, -0.05) is 12.1 Å². The molecule has 0 radical (unpaired) electrons. The third-order valence-corrected chi connectivity index (χ3v) is 4.31. The maximum Gasteiger partial charge on any atom is 0.326 e. The number of primary amides is 1. The molecule has 170 valence electrons. The molecule has 9 N–H and O–H groups in total. The van der Waals surface area contributed by atoms with Gasteiger partial charge in [0.25, 0.3) is 0 Å². The highest BCUT2D eigenvalue weighted by Gasteiger charge is 2.28. The van der Waals surface area contributed by atoms with Crippen LogP contribution < -0.4 is 22.1 Å². The van der Waals surface area contributed by atoms with Gasteiger partial charge in [0.05, 0.1) is 6.04 Å². The van der Waals surface area contributed by atoms with Crippen LogP contribution in [-0.2, 0) is 30.4 Å². The van der Waals surface area contributed by atoms with Crippen molar-refractivity contribution in [1.82, 2.24) is 10.6 Å². The van der Waals surface area contributed by atoms with Gasteiger partial charge in [-0.25, -0.2) is 4.79 Å². The molecule has 0 bridgehead atoms. The minimum atomic E-state index is -1.37. The molecule has 1 rings (SSSR count). The van der Waals surface area contributed by atoms with E-state index in [1.54, 1.807) is 0 Å². The second-order valence-electron chi connectivity index (χ2n) is 6.88. The second-order valence-corrected chi connectivity index (χ2v) is 6.88. The molecule has 0 aromatic heterocycles. The Bertz CT molecular complexity index is 812. The van der Waals surface area contributed by atoms with Gasteiger partial charge in [0, 0.05) is 19.3 Å². The summed E-state index contributed by atoms with van der Waals surface area (Å²) in [6.45, 7) is 0. The molecule has 0 saturated carbocycles. The Labute approximate surface area is 177 Å². The number of aliphatic carboxylic acids is 2. The molecule has 31 heavy (non-hydrogen) atoms. The van der Waals surface area contributed by atoms with Crippen LogP contribution in [-0.4, -0.2) is 63.1 Å². The third-order valence-electron chi connectivity index (χ3n) is 4.31. The zero-order valence-electron chi connectivity index (χ0n) is 16.6. The molecule has 12 heteroatoms. The first-order valence-electron chi connectivity index (χ1n) is 9.36. The van der Waals surface area contributed by atoms with Crippen LogP contribution in [0.2, 0.25) is 0 Å². The number of rotatable bonds is 13. The number of carboxylic acid groups (broad SMARTS) is 2. The molecule has 0 aliphatic carbocycles. The topological polar surface area (TPSA) is 222 Å². The molecule has 3 unspecified atom stereocenters. The van der Waals surface area contributed by atoms with E-state index in [1.165, 1.54) is 24.3 Å². The predicted molar refractivity (Wildman–Crippen MR) is 107 cm³/mol. The lowest BCUT2D eigenvalue weighted by molar-refractivity contribution is -0.143. The van der Waals surface area contributed by atoms with Crippen LogP contribution in [0.5, 0.6) is 5.75 Å². The van der Waals surface area contributed by atoms with Crippen molar-refractivity contribution in [3.63, 3.8) is 0 Å². The summed E-state index contributed by atoms with van der Waals surface area (Å²) in [5.74, 6) is -4.95. The summed E-state index contributed by atoms with van der Waals surface area (Å²) in [7, 11) is 0. The Kier molecular flexibility index (Phi) is 9.92. The van der Waals surface area contributed by atoms with Crippen molar-refractivity contribution in [2.45, 2.75) is 50.2 Å². The fourth-order valence-corrected chi connectivity index (χ4v) is 2.58. The van der Waals surface area contributed by atoms with E-state index < -0.39 is 54.2 Å². The summed E-state index contributed by atoms with van der Waals surface area (Å²) in [6.07, 6.45) is -1.12. The van der Waals surface area contributed by atoms with E-state index in [4.69, 9.17) is 16.6 Å². The van der Waals surface area contributed by atoms with Crippen LogP contribution in [0.3, 0.4) is 0 Å². The SMILES string of the molecule is NC(=O)CCC(N)C(=O)NC(CCC(=O)O)C(=O)NC(Cc1ccc(O)cc1)C(=O)O. The number of aromatic hydroxyl groups is 1. The molecule has 0 aliphatic rings. The lowest BCUT2D eigenvalue weighted by Gasteiger charge is -2.22. The van der Waals surface area contributed by atoms with E-state index in [1.807, 2.05) is 0 Å². The van der Waals surface area contributed by atoms with Gasteiger partial charge in [-0.2, -0.15) is 0 Å². The molecule has 0 saturated heterocycles. The van der Waals surface area contributed by atoms with Gasteiger partial charge < -0.3 is 37.4 Å². The average Bonchev–Trinajstić information content (AvgIpc) is 2.69. The monoisotopic (exact) mass is 438 g/mol. The molecule has 3 atom stereocenters. The molecule has 12 nitrogen and oxygen atoms in total. The molecular formula is C19H26N4O8. The molecule has 0 aliphatic heterocycles. The van der Waals surface area contributed by atoms with Gasteiger partial charge in [0.2, 0.25) is 17.7 Å². The number of phenols is 1. The molecule has 1 aromatic rings. The van der Waals surface area contributed by atoms with Crippen molar-refractivity contribution in [3.8, 4) is 5.75 Å². The lowest BCUT2D eigenvalue weighted by Crippen LogP contribution is -2.55. The molecule has 1 aromatic carbocycles. The highest BCUT2D eigenvalue weighted by atomic mass is 16.4. The number of nitrogens with one attached hydrogen (secondary N) is 2. The first-order valence-corrected chi connectivity index (χ1v) is 9.36. The van der Waals surface area contributed by atoms with Gasteiger partial charge in [0.15, 0.2) is 0 Å². The summed E-state index contributed by atoms with van der Waals surface area (Å²) in [4.78, 5) is 58.1. The van der Waals surface area contributed by atoms with Crippen LogP contribution >= 0.6 is 0 Å². The Morgan fingerprint density at radius 2 is 1.45 bits per heavy atom. The number of amides is 3. The number of hydrogen-bond acceptors (Lipinski definition) is 7. The number of carbonyl (C=O) groups is 5. The lowest BCUT2D eigenvalue weighted by atomic mass is 10.0. The summed E-state index contributed by atoms with van der Waals surface area (Å²) >= 11 is 0. The number of carboxylic acids is 2. The third kappa shape index (κ3) is 9.58. The summed E-state index contributed by atoms with van der Waals surface area (Å²) in [6, 6.07) is 1.80. The zero-order valence-corrected chi connectivity index (χ0v) is 16.6. The standard InChI is InChI=1S/C19H26N4O8/c20-12(5-7-15(21)25)17(28)22-13(6-8-16(26)27)18(29)23-14(19(30)31)9-10-1-3-11(24)4-2-10/h1-4,12-14,24H,5-9,20H2,(H2,21,25)(H,22,28)(H,23,29)(H,26,27)(H,30,31). The average molecular weight is 438 g/mol. The van der Waals surface area contributed by atoms with Crippen molar-refractivity contribution in [1.29, 1.82) is 0 Å². The fourth-order valence-electron chi connectivity index (χ4n) is 2.58. The molecule has 3 amide bonds. The Morgan fingerprint density at radius 3 is 1.97 bits per heavy atom. The van der Waals surface area contributed by atoms with Crippen LogP contribution in [0, 0.1) is 0 Å². The van der Waals surface area contributed by atoms with Gasteiger partial charge in [-0.3, -0.25) is 19.2 Å². The molecule has 0 heterocycles. The van der Waals surface area contributed by atoms with Crippen LogP contribution in [0.25, 0.3) is 0 Å². The number of nitrogens with two attached hydrogens (primary N) is 2. The number of carbonyl (C=O) groups excluding carboxylic acids is 3.